The first-order valence-corrected chi connectivity index (χ1v) is 9.46. The van der Waals surface area contributed by atoms with Crippen LogP contribution in [0.5, 0.6) is 0 Å². The Morgan fingerprint density at radius 1 is 1.38 bits per heavy atom. The van der Waals surface area contributed by atoms with Gasteiger partial charge in [-0.2, -0.15) is 16.9 Å². The maximum Gasteiger partial charge on any atom is 0.0596 e. The Morgan fingerprint density at radius 2 is 2.10 bits per heavy atom. The molecule has 5 heteroatoms. The molecule has 21 heavy (non-hydrogen) atoms. The van der Waals surface area contributed by atoms with Gasteiger partial charge < -0.3 is 10.2 Å². The van der Waals surface area contributed by atoms with E-state index in [1.165, 1.54) is 43.9 Å². The third-order valence-electron chi connectivity index (χ3n) is 4.27. The number of rotatable bonds is 7. The van der Waals surface area contributed by atoms with Crippen LogP contribution in [0.25, 0.3) is 0 Å². The van der Waals surface area contributed by atoms with Gasteiger partial charge in [0.15, 0.2) is 0 Å². The van der Waals surface area contributed by atoms with E-state index in [4.69, 9.17) is 0 Å². The van der Waals surface area contributed by atoms with Gasteiger partial charge in [-0.15, -0.1) is 0 Å². The van der Waals surface area contributed by atoms with Crippen LogP contribution in [0.15, 0.2) is 6.07 Å². The fourth-order valence-corrected chi connectivity index (χ4v) is 3.56. The van der Waals surface area contributed by atoms with Crippen molar-refractivity contribution in [1.29, 1.82) is 0 Å². The number of likely N-dealkylation sites (tertiary alicyclic amines) is 1. The highest BCUT2D eigenvalue weighted by Gasteiger charge is 2.20. The summed E-state index contributed by atoms with van der Waals surface area (Å²) in [7, 11) is 0. The zero-order chi connectivity index (χ0) is 15.2. The zero-order valence-electron chi connectivity index (χ0n) is 13.9. The van der Waals surface area contributed by atoms with Gasteiger partial charge in [0.05, 0.1) is 12.2 Å². The molecule has 1 saturated heterocycles. The van der Waals surface area contributed by atoms with Gasteiger partial charge in [0.2, 0.25) is 0 Å². The second-order valence-corrected chi connectivity index (χ2v) is 7.27. The predicted molar refractivity (Wildman–Crippen MR) is 92.1 cm³/mol. The summed E-state index contributed by atoms with van der Waals surface area (Å²) in [5.41, 5.74) is 2.37. The summed E-state index contributed by atoms with van der Waals surface area (Å²) < 4.78 is 2.13. The number of nitrogens with one attached hydrogen (secondary N) is 1. The summed E-state index contributed by atoms with van der Waals surface area (Å²) >= 11 is 1.94. The van der Waals surface area contributed by atoms with E-state index in [-0.39, 0.29) is 0 Å². The number of hydrogen-bond donors (Lipinski definition) is 1. The number of hydrogen-bond acceptors (Lipinski definition) is 4. The average Bonchev–Trinajstić information content (AvgIpc) is 2.76. The molecule has 2 heterocycles. The lowest BCUT2D eigenvalue weighted by Crippen LogP contribution is -2.47. The minimum atomic E-state index is 0.478. The SMILES string of the molecule is CSCCN1CCC(NC(C)Cn2nc(C)cc2C)CC1. The lowest BCUT2D eigenvalue weighted by atomic mass is 10.0. The maximum absolute atomic E-state index is 4.56. The van der Waals surface area contributed by atoms with Crippen LogP contribution in [-0.4, -0.2) is 58.4 Å². The average molecular weight is 311 g/mol. The van der Waals surface area contributed by atoms with E-state index in [9.17, 15) is 0 Å². The molecule has 1 aliphatic heterocycles. The van der Waals surface area contributed by atoms with Crippen LogP contribution in [-0.2, 0) is 6.54 Å². The molecule has 0 aromatic carbocycles. The molecule has 1 atom stereocenters. The van der Waals surface area contributed by atoms with Crippen molar-refractivity contribution in [2.75, 3.05) is 31.6 Å². The molecule has 1 aromatic rings. The van der Waals surface area contributed by atoms with Gasteiger partial charge in [0, 0.05) is 30.1 Å². The molecule has 1 aliphatic rings. The third kappa shape index (κ3) is 5.31. The molecule has 0 amide bonds. The molecule has 0 radical (unpaired) electrons. The van der Waals surface area contributed by atoms with Gasteiger partial charge >= 0.3 is 0 Å². The Hall–Kier alpha value is -0.520. The minimum absolute atomic E-state index is 0.478. The highest BCUT2D eigenvalue weighted by atomic mass is 32.2. The van der Waals surface area contributed by atoms with E-state index in [1.807, 2.05) is 11.8 Å². The van der Waals surface area contributed by atoms with Crippen LogP contribution < -0.4 is 5.32 Å². The van der Waals surface area contributed by atoms with Crippen molar-refractivity contribution in [2.45, 2.75) is 52.2 Å². The van der Waals surface area contributed by atoms with Gasteiger partial charge in [-0.05, 0) is 59.0 Å². The minimum Gasteiger partial charge on any atom is -0.310 e. The fourth-order valence-electron chi connectivity index (χ4n) is 3.12. The Bertz CT molecular complexity index is 424. The molecular formula is C16H30N4S. The van der Waals surface area contributed by atoms with Crippen LogP contribution in [0.3, 0.4) is 0 Å². The first-order chi connectivity index (χ1) is 10.1. The first-order valence-electron chi connectivity index (χ1n) is 8.07. The van der Waals surface area contributed by atoms with Gasteiger partial charge in [-0.1, -0.05) is 0 Å². The topological polar surface area (TPSA) is 33.1 Å². The summed E-state index contributed by atoms with van der Waals surface area (Å²) in [6.07, 6.45) is 4.74. The molecule has 1 aromatic heterocycles. The van der Waals surface area contributed by atoms with E-state index < -0.39 is 0 Å². The summed E-state index contributed by atoms with van der Waals surface area (Å²) in [4.78, 5) is 2.60. The quantitative estimate of drug-likeness (QED) is 0.838. The fraction of sp³-hybridized carbons (Fsp3) is 0.812. The van der Waals surface area contributed by atoms with E-state index in [0.29, 0.717) is 12.1 Å². The number of nitrogens with zero attached hydrogens (tertiary/aromatic N) is 3. The molecule has 0 spiro atoms. The highest BCUT2D eigenvalue weighted by Crippen LogP contribution is 2.12. The zero-order valence-corrected chi connectivity index (χ0v) is 14.7. The molecule has 1 fully saturated rings. The Kier molecular flexibility index (Phi) is 6.58. The van der Waals surface area contributed by atoms with Crippen molar-refractivity contribution in [3.63, 3.8) is 0 Å². The van der Waals surface area contributed by atoms with E-state index >= 15 is 0 Å². The summed E-state index contributed by atoms with van der Waals surface area (Å²) in [5.74, 6) is 1.26. The molecule has 1 unspecified atom stereocenters. The molecular weight excluding hydrogens is 280 g/mol. The molecule has 0 saturated carbocycles. The number of aryl methyl sites for hydroxylation is 2. The van der Waals surface area contributed by atoms with Gasteiger partial charge in [0.25, 0.3) is 0 Å². The van der Waals surface area contributed by atoms with Crippen molar-refractivity contribution in [2.24, 2.45) is 0 Å². The molecule has 1 N–H and O–H groups in total. The van der Waals surface area contributed by atoms with E-state index in [1.54, 1.807) is 0 Å². The van der Waals surface area contributed by atoms with E-state index in [0.717, 1.165) is 12.2 Å². The first kappa shape index (κ1) is 16.8. The Morgan fingerprint density at radius 3 is 2.67 bits per heavy atom. The summed E-state index contributed by atoms with van der Waals surface area (Å²) in [6, 6.07) is 3.30. The number of aromatic nitrogens is 2. The predicted octanol–water partition coefficient (Wildman–Crippen LogP) is 2.31. The van der Waals surface area contributed by atoms with Gasteiger partial charge in [0.1, 0.15) is 0 Å². The summed E-state index contributed by atoms with van der Waals surface area (Å²) in [5, 5.41) is 8.34. The van der Waals surface area contributed by atoms with Crippen LogP contribution in [0.4, 0.5) is 0 Å². The normalized spacial score (nSPS) is 19.0. The molecule has 120 valence electrons. The second-order valence-electron chi connectivity index (χ2n) is 6.29. The Labute approximate surface area is 133 Å². The van der Waals surface area contributed by atoms with Crippen LogP contribution in [0, 0.1) is 13.8 Å². The molecule has 4 nitrogen and oxygen atoms in total. The molecule has 0 bridgehead atoms. The second kappa shape index (κ2) is 8.20. The van der Waals surface area contributed by atoms with Crippen molar-refractivity contribution < 1.29 is 0 Å². The van der Waals surface area contributed by atoms with Crippen molar-refractivity contribution >= 4 is 11.8 Å². The van der Waals surface area contributed by atoms with E-state index in [2.05, 4.69) is 53.1 Å². The monoisotopic (exact) mass is 310 g/mol. The van der Waals surface area contributed by atoms with Gasteiger partial charge in [-0.3, -0.25) is 4.68 Å². The van der Waals surface area contributed by atoms with Crippen molar-refractivity contribution in [3.8, 4) is 0 Å². The third-order valence-corrected chi connectivity index (χ3v) is 4.86. The molecule has 0 aliphatic carbocycles. The van der Waals surface area contributed by atoms with Crippen molar-refractivity contribution in [1.82, 2.24) is 20.0 Å². The maximum atomic E-state index is 4.56. The standard InChI is InChI=1S/C16H30N4S/c1-13-11-15(3)20(18-13)12-14(2)17-16-5-7-19(8-6-16)9-10-21-4/h11,14,16-17H,5-10,12H2,1-4H3. The lowest BCUT2D eigenvalue weighted by Gasteiger charge is -2.33. The largest absolute Gasteiger partial charge is 0.310 e. The Balaban J connectivity index is 1.71. The summed E-state index contributed by atoms with van der Waals surface area (Å²) in [6.45, 7) is 11.2. The smallest absolute Gasteiger partial charge is 0.0596 e. The lowest BCUT2D eigenvalue weighted by molar-refractivity contribution is 0.198. The van der Waals surface area contributed by atoms with Gasteiger partial charge in [-0.25, -0.2) is 0 Å². The molecule has 2 rings (SSSR count). The van der Waals surface area contributed by atoms with Crippen molar-refractivity contribution in [3.05, 3.63) is 17.5 Å². The number of piperidine rings is 1. The van der Waals surface area contributed by atoms with Crippen LogP contribution in [0.2, 0.25) is 0 Å². The van der Waals surface area contributed by atoms with Crippen LogP contribution in [0.1, 0.15) is 31.2 Å². The highest BCUT2D eigenvalue weighted by molar-refractivity contribution is 7.98. The van der Waals surface area contributed by atoms with Crippen LogP contribution >= 0.6 is 11.8 Å². The number of thioether (sulfide) groups is 1.